The predicted molar refractivity (Wildman–Crippen MR) is 124 cm³/mol. The molecule has 2 aromatic rings. The number of benzene rings is 2. The Hall–Kier alpha value is -2.00. The molecule has 0 unspecified atom stereocenters. The Morgan fingerprint density at radius 3 is 2.29 bits per heavy atom. The lowest BCUT2D eigenvalue weighted by Crippen LogP contribution is -2.35. The van der Waals surface area contributed by atoms with E-state index in [2.05, 4.69) is 33.2 Å². The fraction of sp³-hybridized carbons (Fsp3) is 0.286. The number of thiocarbonyl (C=S) groups is 1. The van der Waals surface area contributed by atoms with Gasteiger partial charge in [-0.25, -0.2) is 0 Å². The smallest absolute Gasteiger partial charge is 0.257 e. The Morgan fingerprint density at radius 2 is 1.64 bits per heavy atom. The van der Waals surface area contributed by atoms with Crippen molar-refractivity contribution in [3.63, 3.8) is 0 Å². The van der Waals surface area contributed by atoms with Gasteiger partial charge in [-0.2, -0.15) is 0 Å². The number of halogens is 1. The van der Waals surface area contributed by atoms with E-state index in [1.807, 2.05) is 24.0 Å². The summed E-state index contributed by atoms with van der Waals surface area (Å²) in [6.45, 7) is 3.65. The summed E-state index contributed by atoms with van der Waals surface area (Å²) >= 11 is 7.44. The fourth-order valence-corrected chi connectivity index (χ4v) is 3.77. The highest BCUT2D eigenvalue weighted by atomic mass is 127. The van der Waals surface area contributed by atoms with Gasteiger partial charge in [-0.3, -0.25) is 14.9 Å². The number of rotatable bonds is 3. The molecule has 2 N–H and O–H groups in total. The maximum atomic E-state index is 12.5. The molecular formula is C21H22IN3O2S. The van der Waals surface area contributed by atoms with Crippen molar-refractivity contribution in [2.24, 2.45) is 0 Å². The van der Waals surface area contributed by atoms with Gasteiger partial charge in [-0.05, 0) is 103 Å². The van der Waals surface area contributed by atoms with Gasteiger partial charge in [0, 0.05) is 33.5 Å². The van der Waals surface area contributed by atoms with Gasteiger partial charge in [-0.1, -0.05) is 6.07 Å². The van der Waals surface area contributed by atoms with E-state index in [1.54, 1.807) is 30.3 Å². The molecule has 1 aliphatic heterocycles. The summed E-state index contributed by atoms with van der Waals surface area (Å²) in [5.74, 6) is -0.191. The summed E-state index contributed by atoms with van der Waals surface area (Å²) in [6, 6.07) is 12.7. The van der Waals surface area contributed by atoms with Crippen LogP contribution in [0.25, 0.3) is 0 Å². The van der Waals surface area contributed by atoms with Gasteiger partial charge in [0.15, 0.2) is 5.11 Å². The van der Waals surface area contributed by atoms with Crippen molar-refractivity contribution in [1.29, 1.82) is 0 Å². The number of likely N-dealkylation sites (tertiary alicyclic amines) is 1. The molecule has 28 heavy (non-hydrogen) atoms. The number of nitrogens with one attached hydrogen (secondary N) is 2. The van der Waals surface area contributed by atoms with E-state index in [9.17, 15) is 9.59 Å². The number of anilines is 1. The number of aryl methyl sites for hydroxylation is 1. The van der Waals surface area contributed by atoms with E-state index in [0.29, 0.717) is 11.1 Å². The maximum absolute atomic E-state index is 12.5. The minimum atomic E-state index is -0.257. The molecule has 0 aromatic heterocycles. The first kappa shape index (κ1) is 20.7. The minimum absolute atomic E-state index is 0.0658. The summed E-state index contributed by atoms with van der Waals surface area (Å²) in [5.41, 5.74) is 3.06. The van der Waals surface area contributed by atoms with Gasteiger partial charge in [-0.15, -0.1) is 0 Å². The largest absolute Gasteiger partial charge is 0.339 e. The summed E-state index contributed by atoms with van der Waals surface area (Å²) in [5, 5.41) is 5.89. The minimum Gasteiger partial charge on any atom is -0.339 e. The molecule has 2 amide bonds. The molecule has 1 heterocycles. The lowest BCUT2D eigenvalue weighted by Gasteiger charge is -2.26. The highest BCUT2D eigenvalue weighted by Crippen LogP contribution is 2.16. The number of hydrogen-bond acceptors (Lipinski definition) is 3. The van der Waals surface area contributed by atoms with Crippen LogP contribution in [-0.2, 0) is 0 Å². The molecule has 1 fully saturated rings. The van der Waals surface area contributed by atoms with E-state index in [4.69, 9.17) is 12.2 Å². The van der Waals surface area contributed by atoms with Gasteiger partial charge in [0.05, 0.1) is 0 Å². The van der Waals surface area contributed by atoms with Crippen molar-refractivity contribution in [1.82, 2.24) is 10.2 Å². The third-order valence-electron chi connectivity index (χ3n) is 4.69. The van der Waals surface area contributed by atoms with Crippen molar-refractivity contribution in [3.8, 4) is 0 Å². The van der Waals surface area contributed by atoms with Crippen LogP contribution in [0.1, 0.15) is 45.5 Å². The van der Waals surface area contributed by atoms with Crippen LogP contribution in [0.4, 0.5) is 5.69 Å². The highest BCUT2D eigenvalue weighted by molar-refractivity contribution is 14.1. The summed E-state index contributed by atoms with van der Waals surface area (Å²) in [4.78, 5) is 26.7. The van der Waals surface area contributed by atoms with E-state index < -0.39 is 0 Å². The zero-order valence-corrected chi connectivity index (χ0v) is 18.6. The molecule has 0 radical (unpaired) electrons. The standard InChI is InChI=1S/C21H22IN3O2S/c1-14-5-6-16(13-18(14)22)19(26)24-21(28)23-17-9-7-15(8-10-17)20(27)25-11-3-2-4-12-25/h5-10,13H,2-4,11-12H2,1H3,(H2,23,24,26,28). The molecule has 2 aromatic carbocycles. The SMILES string of the molecule is Cc1ccc(C(=O)NC(=S)Nc2ccc(C(=O)N3CCCCC3)cc2)cc1I. The number of amides is 2. The van der Waals surface area contributed by atoms with Gasteiger partial charge < -0.3 is 10.2 Å². The van der Waals surface area contributed by atoms with Crippen molar-refractivity contribution in [3.05, 3.63) is 62.7 Å². The Morgan fingerprint density at radius 1 is 1.00 bits per heavy atom. The summed E-state index contributed by atoms with van der Waals surface area (Å²) < 4.78 is 1.03. The second-order valence-corrected chi connectivity index (χ2v) is 8.37. The van der Waals surface area contributed by atoms with Gasteiger partial charge in [0.25, 0.3) is 11.8 Å². The number of carbonyl (C=O) groups is 2. The first-order chi connectivity index (χ1) is 13.4. The Balaban J connectivity index is 1.57. The van der Waals surface area contributed by atoms with Crippen LogP contribution in [0, 0.1) is 10.5 Å². The lowest BCUT2D eigenvalue weighted by atomic mass is 10.1. The molecule has 0 atom stereocenters. The third kappa shape index (κ3) is 5.29. The van der Waals surface area contributed by atoms with Gasteiger partial charge in [0.1, 0.15) is 0 Å². The maximum Gasteiger partial charge on any atom is 0.257 e. The zero-order valence-electron chi connectivity index (χ0n) is 15.6. The summed E-state index contributed by atoms with van der Waals surface area (Å²) in [6.07, 6.45) is 3.33. The van der Waals surface area contributed by atoms with Crippen molar-refractivity contribution in [2.45, 2.75) is 26.2 Å². The Kier molecular flexibility index (Phi) is 7.01. The number of carbonyl (C=O) groups excluding carboxylic acids is 2. The molecule has 1 aliphatic rings. The first-order valence-corrected chi connectivity index (χ1v) is 10.7. The molecule has 0 aliphatic carbocycles. The normalized spacial score (nSPS) is 13.7. The van der Waals surface area contributed by atoms with Crippen molar-refractivity contribution in [2.75, 3.05) is 18.4 Å². The van der Waals surface area contributed by atoms with Gasteiger partial charge in [0.2, 0.25) is 0 Å². The molecule has 3 rings (SSSR count). The average Bonchev–Trinajstić information content (AvgIpc) is 2.70. The molecular weight excluding hydrogens is 485 g/mol. The van der Waals surface area contributed by atoms with Crippen LogP contribution in [0.3, 0.4) is 0 Å². The Labute approximate surface area is 184 Å². The van der Waals surface area contributed by atoms with Crippen molar-refractivity contribution < 1.29 is 9.59 Å². The average molecular weight is 507 g/mol. The molecule has 146 valence electrons. The van der Waals surface area contributed by atoms with Crippen LogP contribution in [0.15, 0.2) is 42.5 Å². The van der Waals surface area contributed by atoms with Crippen LogP contribution in [0.2, 0.25) is 0 Å². The van der Waals surface area contributed by atoms with Crippen molar-refractivity contribution >= 4 is 57.4 Å². The van der Waals surface area contributed by atoms with E-state index in [0.717, 1.165) is 40.8 Å². The van der Waals surface area contributed by atoms with Gasteiger partial charge >= 0.3 is 0 Å². The number of hydrogen-bond donors (Lipinski definition) is 2. The second kappa shape index (κ2) is 9.47. The Bertz CT molecular complexity index is 893. The first-order valence-electron chi connectivity index (χ1n) is 9.22. The van der Waals surface area contributed by atoms with E-state index >= 15 is 0 Å². The molecule has 1 saturated heterocycles. The second-order valence-electron chi connectivity index (χ2n) is 6.80. The molecule has 7 heteroatoms. The molecule has 5 nitrogen and oxygen atoms in total. The van der Waals surface area contributed by atoms with Crippen LogP contribution >= 0.6 is 34.8 Å². The number of piperidine rings is 1. The third-order valence-corrected chi connectivity index (χ3v) is 6.06. The predicted octanol–water partition coefficient (Wildman–Crippen LogP) is 4.35. The summed E-state index contributed by atoms with van der Waals surface area (Å²) in [7, 11) is 0. The topological polar surface area (TPSA) is 61.4 Å². The molecule has 0 saturated carbocycles. The quantitative estimate of drug-likeness (QED) is 0.479. The van der Waals surface area contributed by atoms with Crippen LogP contribution in [0.5, 0.6) is 0 Å². The van der Waals surface area contributed by atoms with E-state index in [1.165, 1.54) is 6.42 Å². The monoisotopic (exact) mass is 507 g/mol. The molecule has 0 bridgehead atoms. The fourth-order valence-electron chi connectivity index (χ4n) is 3.05. The molecule has 0 spiro atoms. The highest BCUT2D eigenvalue weighted by Gasteiger charge is 2.18. The zero-order chi connectivity index (χ0) is 20.1. The number of nitrogens with zero attached hydrogens (tertiary/aromatic N) is 1. The lowest BCUT2D eigenvalue weighted by molar-refractivity contribution is 0.0724. The van der Waals surface area contributed by atoms with Crippen LogP contribution in [-0.4, -0.2) is 34.9 Å². The van der Waals surface area contributed by atoms with Crippen LogP contribution < -0.4 is 10.6 Å². The van der Waals surface area contributed by atoms with E-state index in [-0.39, 0.29) is 16.9 Å².